The van der Waals surface area contributed by atoms with E-state index in [0.717, 1.165) is 0 Å². The van der Waals surface area contributed by atoms with Gasteiger partial charge < -0.3 is 15.0 Å². The first-order valence-electron chi connectivity index (χ1n) is 7.39. The van der Waals surface area contributed by atoms with Crippen LogP contribution in [0.2, 0.25) is 10.0 Å². The third kappa shape index (κ3) is 7.57. The lowest BCUT2D eigenvalue weighted by Gasteiger charge is -2.23. The molecule has 0 aliphatic rings. The average molecular weight is 361 g/mol. The van der Waals surface area contributed by atoms with Crippen LogP contribution in [-0.2, 0) is 9.59 Å². The van der Waals surface area contributed by atoms with Crippen LogP contribution in [0, 0.1) is 5.92 Å². The molecule has 128 valence electrons. The van der Waals surface area contributed by atoms with Crippen LogP contribution in [0.25, 0.3) is 0 Å². The molecule has 0 atom stereocenters. The van der Waals surface area contributed by atoms with Gasteiger partial charge in [0.25, 0.3) is 5.91 Å². The van der Waals surface area contributed by atoms with Crippen molar-refractivity contribution >= 4 is 35.0 Å². The number of hydrogen-bond acceptors (Lipinski definition) is 3. The molecule has 1 aromatic rings. The molecular formula is C16H22Cl2N2O3. The number of halogens is 2. The van der Waals surface area contributed by atoms with E-state index in [4.69, 9.17) is 27.9 Å². The van der Waals surface area contributed by atoms with Gasteiger partial charge >= 0.3 is 0 Å². The average Bonchev–Trinajstić information content (AvgIpc) is 2.44. The van der Waals surface area contributed by atoms with Crippen LogP contribution in [0.15, 0.2) is 18.2 Å². The number of hydrogen-bond donors (Lipinski definition) is 1. The maximum Gasteiger partial charge on any atom is 0.258 e. The maximum absolute atomic E-state index is 11.8. The van der Waals surface area contributed by atoms with E-state index in [9.17, 15) is 9.59 Å². The molecule has 0 radical (unpaired) electrons. The van der Waals surface area contributed by atoms with Gasteiger partial charge in [0, 0.05) is 31.6 Å². The molecule has 1 rings (SSSR count). The van der Waals surface area contributed by atoms with Gasteiger partial charge in [-0.3, -0.25) is 9.59 Å². The summed E-state index contributed by atoms with van der Waals surface area (Å²) in [6, 6.07) is 4.79. The minimum absolute atomic E-state index is 0.00264. The fourth-order valence-corrected chi connectivity index (χ4v) is 2.40. The zero-order valence-electron chi connectivity index (χ0n) is 13.6. The third-order valence-corrected chi connectivity index (χ3v) is 3.52. The molecule has 0 saturated carbocycles. The molecule has 0 aromatic heterocycles. The summed E-state index contributed by atoms with van der Waals surface area (Å²) < 4.78 is 5.34. The van der Waals surface area contributed by atoms with Crippen molar-refractivity contribution in [1.82, 2.24) is 10.2 Å². The monoisotopic (exact) mass is 360 g/mol. The van der Waals surface area contributed by atoms with E-state index in [1.807, 2.05) is 13.8 Å². The number of amides is 2. The van der Waals surface area contributed by atoms with Gasteiger partial charge in [-0.15, -0.1) is 0 Å². The summed E-state index contributed by atoms with van der Waals surface area (Å²) in [5.41, 5.74) is 0. The first kappa shape index (κ1) is 19.6. The molecule has 0 fully saturated rings. The Balaban J connectivity index is 2.35. The van der Waals surface area contributed by atoms with Crippen molar-refractivity contribution < 1.29 is 14.3 Å². The van der Waals surface area contributed by atoms with E-state index in [-0.39, 0.29) is 18.4 Å². The molecule has 0 heterocycles. The summed E-state index contributed by atoms with van der Waals surface area (Å²) in [5, 5.41) is 3.57. The molecule has 0 spiro atoms. The zero-order valence-corrected chi connectivity index (χ0v) is 15.1. The third-order valence-electron chi connectivity index (χ3n) is 2.99. The Morgan fingerprint density at radius 1 is 1.30 bits per heavy atom. The second kappa shape index (κ2) is 9.63. The van der Waals surface area contributed by atoms with Crippen LogP contribution in [-0.4, -0.2) is 43.0 Å². The Morgan fingerprint density at radius 3 is 2.57 bits per heavy atom. The Hall–Kier alpha value is -1.46. The number of carbonyl (C=O) groups is 2. The molecule has 7 heteroatoms. The Morgan fingerprint density at radius 2 is 2.00 bits per heavy atom. The van der Waals surface area contributed by atoms with Crippen molar-refractivity contribution in [3.8, 4) is 5.75 Å². The Bertz CT molecular complexity index is 550. The SMILES string of the molecule is CC(=O)N(CCNC(=O)COc1ccc(Cl)cc1Cl)CC(C)C. The van der Waals surface area contributed by atoms with Crippen molar-refractivity contribution in [2.75, 3.05) is 26.2 Å². The quantitative estimate of drug-likeness (QED) is 0.775. The number of nitrogens with zero attached hydrogens (tertiary/aromatic N) is 1. The molecule has 23 heavy (non-hydrogen) atoms. The van der Waals surface area contributed by atoms with Gasteiger partial charge in [0.1, 0.15) is 5.75 Å². The van der Waals surface area contributed by atoms with Crippen LogP contribution in [0.4, 0.5) is 0 Å². The Labute approximate surface area is 146 Å². The van der Waals surface area contributed by atoms with Crippen molar-refractivity contribution in [2.45, 2.75) is 20.8 Å². The number of carbonyl (C=O) groups excluding carboxylic acids is 2. The van der Waals surface area contributed by atoms with Crippen LogP contribution >= 0.6 is 23.2 Å². The summed E-state index contributed by atoms with van der Waals surface area (Å²) in [5.74, 6) is 0.502. The van der Waals surface area contributed by atoms with Gasteiger partial charge in [-0.05, 0) is 24.1 Å². The minimum atomic E-state index is -0.274. The molecule has 1 aromatic carbocycles. The lowest BCUT2D eigenvalue weighted by molar-refractivity contribution is -0.130. The standard InChI is InChI=1S/C16H22Cl2N2O3/c1-11(2)9-20(12(3)21)7-6-19-16(22)10-23-15-5-4-13(17)8-14(15)18/h4-5,8,11H,6-7,9-10H2,1-3H3,(H,19,22). The summed E-state index contributed by atoms with van der Waals surface area (Å²) in [6.45, 7) is 6.98. The summed E-state index contributed by atoms with van der Waals surface area (Å²) in [7, 11) is 0. The van der Waals surface area contributed by atoms with Gasteiger partial charge in [-0.1, -0.05) is 37.0 Å². The molecule has 2 amide bonds. The van der Waals surface area contributed by atoms with Crippen molar-refractivity contribution in [3.63, 3.8) is 0 Å². The summed E-state index contributed by atoms with van der Waals surface area (Å²) in [6.07, 6.45) is 0. The second-order valence-corrected chi connectivity index (χ2v) is 6.42. The smallest absolute Gasteiger partial charge is 0.258 e. The first-order valence-corrected chi connectivity index (χ1v) is 8.15. The highest BCUT2D eigenvalue weighted by molar-refractivity contribution is 6.35. The van der Waals surface area contributed by atoms with Crippen LogP contribution < -0.4 is 10.1 Å². The molecule has 0 bridgehead atoms. The number of nitrogens with one attached hydrogen (secondary N) is 1. The molecule has 0 saturated heterocycles. The number of rotatable bonds is 8. The van der Waals surface area contributed by atoms with Crippen molar-refractivity contribution in [1.29, 1.82) is 0 Å². The Kier molecular flexibility index (Phi) is 8.20. The predicted octanol–water partition coefficient (Wildman–Crippen LogP) is 2.99. The maximum atomic E-state index is 11.8. The molecular weight excluding hydrogens is 339 g/mol. The van der Waals surface area contributed by atoms with Crippen LogP contribution in [0.1, 0.15) is 20.8 Å². The highest BCUT2D eigenvalue weighted by Gasteiger charge is 2.11. The van der Waals surface area contributed by atoms with Crippen molar-refractivity contribution in [3.05, 3.63) is 28.2 Å². The van der Waals surface area contributed by atoms with Crippen molar-refractivity contribution in [2.24, 2.45) is 5.92 Å². The van der Waals surface area contributed by atoms with E-state index >= 15 is 0 Å². The normalized spacial score (nSPS) is 10.5. The van der Waals surface area contributed by atoms with E-state index in [0.29, 0.717) is 41.3 Å². The van der Waals surface area contributed by atoms with E-state index in [2.05, 4.69) is 5.32 Å². The summed E-state index contributed by atoms with van der Waals surface area (Å²) in [4.78, 5) is 25.0. The van der Waals surface area contributed by atoms with E-state index in [1.54, 1.807) is 23.1 Å². The van der Waals surface area contributed by atoms with Gasteiger partial charge in [0.2, 0.25) is 5.91 Å². The van der Waals surface area contributed by atoms with Gasteiger partial charge in [-0.25, -0.2) is 0 Å². The van der Waals surface area contributed by atoms with Gasteiger partial charge in [0.15, 0.2) is 6.61 Å². The fraction of sp³-hybridized carbons (Fsp3) is 0.500. The lowest BCUT2D eigenvalue weighted by atomic mass is 10.2. The highest BCUT2D eigenvalue weighted by atomic mass is 35.5. The summed E-state index contributed by atoms with van der Waals surface area (Å²) >= 11 is 11.7. The van der Waals surface area contributed by atoms with Crippen LogP contribution in [0.3, 0.4) is 0 Å². The van der Waals surface area contributed by atoms with Crippen LogP contribution in [0.5, 0.6) is 5.75 Å². The minimum Gasteiger partial charge on any atom is -0.482 e. The topological polar surface area (TPSA) is 58.6 Å². The second-order valence-electron chi connectivity index (χ2n) is 5.57. The predicted molar refractivity (Wildman–Crippen MR) is 92.1 cm³/mol. The molecule has 0 aliphatic carbocycles. The van der Waals surface area contributed by atoms with E-state index < -0.39 is 0 Å². The first-order chi connectivity index (χ1) is 10.8. The van der Waals surface area contributed by atoms with Gasteiger partial charge in [-0.2, -0.15) is 0 Å². The molecule has 0 aliphatic heterocycles. The lowest BCUT2D eigenvalue weighted by Crippen LogP contribution is -2.40. The fourth-order valence-electron chi connectivity index (χ4n) is 1.93. The van der Waals surface area contributed by atoms with Gasteiger partial charge in [0.05, 0.1) is 5.02 Å². The largest absolute Gasteiger partial charge is 0.482 e. The van der Waals surface area contributed by atoms with E-state index in [1.165, 1.54) is 6.92 Å². The molecule has 1 N–H and O–H groups in total. The number of ether oxygens (including phenoxy) is 1. The molecule has 0 unspecified atom stereocenters. The number of benzene rings is 1. The highest BCUT2D eigenvalue weighted by Crippen LogP contribution is 2.27. The molecule has 5 nitrogen and oxygen atoms in total. The zero-order chi connectivity index (χ0) is 17.4.